The number of thiazole rings is 1. The summed E-state index contributed by atoms with van der Waals surface area (Å²) in [7, 11) is 0. The molecule has 19 heavy (non-hydrogen) atoms. The zero-order valence-corrected chi connectivity index (χ0v) is 11.9. The van der Waals surface area contributed by atoms with Crippen LogP contribution < -0.4 is 5.32 Å². The van der Waals surface area contributed by atoms with Crippen molar-refractivity contribution in [1.29, 1.82) is 0 Å². The summed E-state index contributed by atoms with van der Waals surface area (Å²) in [5.41, 5.74) is 1.12. The molecule has 1 heterocycles. The summed E-state index contributed by atoms with van der Waals surface area (Å²) in [6.45, 7) is 1.12. The monoisotopic (exact) mass is 276 g/mol. The summed E-state index contributed by atoms with van der Waals surface area (Å²) in [6, 6.07) is 8.20. The van der Waals surface area contributed by atoms with E-state index in [0.29, 0.717) is 0 Å². The molecular weight excluding hydrogens is 256 g/mol. The van der Waals surface area contributed by atoms with Gasteiger partial charge in [-0.25, -0.2) is 4.98 Å². The minimum Gasteiger partial charge on any atom is -0.396 e. The summed E-state index contributed by atoms with van der Waals surface area (Å²) in [5, 5.41) is 14.1. The largest absolute Gasteiger partial charge is 0.396 e. The van der Waals surface area contributed by atoms with Crippen molar-refractivity contribution in [2.24, 2.45) is 5.41 Å². The fourth-order valence-electron chi connectivity index (χ4n) is 2.90. The Balaban J connectivity index is 1.70. The molecule has 3 rings (SSSR count). The predicted octanol–water partition coefficient (Wildman–Crippen LogP) is 3.65. The van der Waals surface area contributed by atoms with Gasteiger partial charge in [0.05, 0.1) is 16.8 Å². The second-order valence-electron chi connectivity index (χ2n) is 5.56. The average molecular weight is 276 g/mol. The van der Waals surface area contributed by atoms with Crippen LogP contribution in [0.5, 0.6) is 0 Å². The third-order valence-corrected chi connectivity index (χ3v) is 5.15. The van der Waals surface area contributed by atoms with Crippen molar-refractivity contribution >= 4 is 26.7 Å². The molecule has 0 saturated heterocycles. The van der Waals surface area contributed by atoms with Gasteiger partial charge >= 0.3 is 0 Å². The Kier molecular flexibility index (Phi) is 3.71. The van der Waals surface area contributed by atoms with Crippen LogP contribution in [-0.2, 0) is 0 Å². The Morgan fingerprint density at radius 2 is 2.00 bits per heavy atom. The highest BCUT2D eigenvalue weighted by molar-refractivity contribution is 7.22. The van der Waals surface area contributed by atoms with Crippen molar-refractivity contribution in [3.63, 3.8) is 0 Å². The first-order valence-corrected chi connectivity index (χ1v) is 7.83. The lowest BCUT2D eigenvalue weighted by molar-refractivity contribution is 0.0944. The van der Waals surface area contributed by atoms with E-state index < -0.39 is 0 Å². The number of aliphatic hydroxyl groups is 1. The number of hydrogen-bond donors (Lipinski definition) is 2. The van der Waals surface area contributed by atoms with Crippen molar-refractivity contribution in [1.82, 2.24) is 4.98 Å². The Morgan fingerprint density at radius 3 is 2.74 bits per heavy atom. The van der Waals surface area contributed by atoms with Crippen LogP contribution >= 0.6 is 11.3 Å². The average Bonchev–Trinajstić information content (AvgIpc) is 2.89. The smallest absolute Gasteiger partial charge is 0.183 e. The maximum atomic E-state index is 9.70. The Bertz CT molecular complexity index is 513. The summed E-state index contributed by atoms with van der Waals surface area (Å²) in [5.74, 6) is 0. The van der Waals surface area contributed by atoms with Gasteiger partial charge in [0.2, 0.25) is 0 Å². The van der Waals surface area contributed by atoms with Gasteiger partial charge in [0.15, 0.2) is 5.13 Å². The molecule has 0 amide bonds. The van der Waals surface area contributed by atoms with E-state index in [2.05, 4.69) is 16.4 Å². The first-order valence-electron chi connectivity index (χ1n) is 7.02. The number of nitrogens with zero attached hydrogens (tertiary/aromatic N) is 1. The van der Waals surface area contributed by atoms with E-state index in [4.69, 9.17) is 0 Å². The summed E-state index contributed by atoms with van der Waals surface area (Å²) in [6.07, 6.45) is 6.04. The highest BCUT2D eigenvalue weighted by atomic mass is 32.1. The molecule has 2 aromatic rings. The fraction of sp³-hybridized carbons (Fsp3) is 0.533. The van der Waals surface area contributed by atoms with Crippen molar-refractivity contribution in [3.8, 4) is 0 Å². The molecule has 1 fully saturated rings. The van der Waals surface area contributed by atoms with E-state index in [1.54, 1.807) is 11.3 Å². The van der Waals surface area contributed by atoms with Crippen LogP contribution in [0.1, 0.15) is 32.1 Å². The fourth-order valence-corrected chi connectivity index (χ4v) is 3.77. The molecule has 1 aliphatic carbocycles. The van der Waals surface area contributed by atoms with Crippen molar-refractivity contribution < 1.29 is 5.11 Å². The molecule has 2 N–H and O–H groups in total. The van der Waals surface area contributed by atoms with Crippen LogP contribution in [0.3, 0.4) is 0 Å². The number of benzene rings is 1. The molecule has 1 aliphatic rings. The minimum absolute atomic E-state index is 0.0656. The van der Waals surface area contributed by atoms with Gasteiger partial charge in [0.25, 0.3) is 0 Å². The van der Waals surface area contributed by atoms with Gasteiger partial charge < -0.3 is 10.4 Å². The van der Waals surface area contributed by atoms with Crippen LogP contribution in [0.15, 0.2) is 24.3 Å². The van der Waals surface area contributed by atoms with Gasteiger partial charge in [-0.2, -0.15) is 0 Å². The Hall–Kier alpha value is -1.13. The number of hydrogen-bond acceptors (Lipinski definition) is 4. The number of anilines is 1. The van der Waals surface area contributed by atoms with Gasteiger partial charge in [-0.15, -0.1) is 0 Å². The lowest BCUT2D eigenvalue weighted by Crippen LogP contribution is -2.35. The zero-order valence-electron chi connectivity index (χ0n) is 11.1. The first-order chi connectivity index (χ1) is 9.31. The maximum absolute atomic E-state index is 9.70. The lowest BCUT2D eigenvalue weighted by atomic mass is 9.74. The topological polar surface area (TPSA) is 45.1 Å². The van der Waals surface area contributed by atoms with E-state index in [1.165, 1.54) is 24.0 Å². The quantitative estimate of drug-likeness (QED) is 0.896. The van der Waals surface area contributed by atoms with Gasteiger partial charge in [-0.1, -0.05) is 42.7 Å². The number of fused-ring (bicyclic) bond motifs is 1. The predicted molar refractivity (Wildman–Crippen MR) is 80.7 cm³/mol. The highest BCUT2D eigenvalue weighted by Gasteiger charge is 2.31. The van der Waals surface area contributed by atoms with Gasteiger partial charge in [0, 0.05) is 12.0 Å². The minimum atomic E-state index is 0.0656. The number of rotatable bonds is 4. The van der Waals surface area contributed by atoms with E-state index in [-0.39, 0.29) is 12.0 Å². The summed E-state index contributed by atoms with van der Waals surface area (Å²) >= 11 is 1.69. The zero-order chi connectivity index (χ0) is 13.1. The SMILES string of the molecule is OCC1(CNc2nc3ccccc3s2)CCCCC1. The third kappa shape index (κ3) is 2.74. The first kappa shape index (κ1) is 12.9. The van der Waals surface area contributed by atoms with Crippen LogP contribution in [0.4, 0.5) is 5.13 Å². The molecule has 0 spiro atoms. The van der Waals surface area contributed by atoms with Crippen molar-refractivity contribution in [3.05, 3.63) is 24.3 Å². The van der Waals surface area contributed by atoms with Gasteiger partial charge in [-0.3, -0.25) is 0 Å². The molecule has 0 aliphatic heterocycles. The number of aromatic nitrogens is 1. The summed E-state index contributed by atoms with van der Waals surface area (Å²) < 4.78 is 1.21. The van der Waals surface area contributed by atoms with E-state index in [0.717, 1.165) is 30.0 Å². The summed E-state index contributed by atoms with van der Waals surface area (Å²) in [4.78, 5) is 4.59. The molecule has 0 unspecified atom stereocenters. The number of para-hydroxylation sites is 1. The number of aliphatic hydroxyl groups excluding tert-OH is 1. The number of nitrogens with one attached hydrogen (secondary N) is 1. The van der Waals surface area contributed by atoms with Crippen LogP contribution in [0.25, 0.3) is 10.2 Å². The van der Waals surface area contributed by atoms with Crippen LogP contribution in [0.2, 0.25) is 0 Å². The van der Waals surface area contributed by atoms with Gasteiger partial charge in [-0.05, 0) is 25.0 Å². The molecule has 1 aromatic carbocycles. The second-order valence-corrected chi connectivity index (χ2v) is 6.59. The molecule has 0 bridgehead atoms. The maximum Gasteiger partial charge on any atom is 0.183 e. The van der Waals surface area contributed by atoms with E-state index in [9.17, 15) is 5.11 Å². The third-order valence-electron chi connectivity index (χ3n) is 4.16. The normalized spacial score (nSPS) is 18.6. The second kappa shape index (κ2) is 5.47. The molecule has 1 aromatic heterocycles. The van der Waals surface area contributed by atoms with E-state index >= 15 is 0 Å². The molecule has 102 valence electrons. The lowest BCUT2D eigenvalue weighted by Gasteiger charge is -2.35. The molecular formula is C15H20N2OS. The molecule has 4 heteroatoms. The van der Waals surface area contributed by atoms with Gasteiger partial charge in [0.1, 0.15) is 0 Å². The van der Waals surface area contributed by atoms with Crippen LogP contribution in [-0.4, -0.2) is 23.2 Å². The highest BCUT2D eigenvalue weighted by Crippen LogP contribution is 2.36. The molecule has 3 nitrogen and oxygen atoms in total. The van der Waals surface area contributed by atoms with Crippen molar-refractivity contribution in [2.45, 2.75) is 32.1 Å². The molecule has 1 saturated carbocycles. The van der Waals surface area contributed by atoms with Crippen molar-refractivity contribution in [2.75, 3.05) is 18.5 Å². The standard InChI is InChI=1S/C15H20N2OS/c18-11-15(8-4-1-5-9-15)10-16-14-17-12-6-2-3-7-13(12)19-14/h2-3,6-7,18H,1,4-5,8-11H2,(H,16,17). The molecule has 0 atom stereocenters. The van der Waals surface area contributed by atoms with Crippen LogP contribution in [0, 0.1) is 5.41 Å². The Labute approximate surface area is 117 Å². The Morgan fingerprint density at radius 1 is 1.21 bits per heavy atom. The van der Waals surface area contributed by atoms with E-state index in [1.807, 2.05) is 18.2 Å². The molecule has 0 radical (unpaired) electrons.